The molecule has 194 valence electrons. The summed E-state index contributed by atoms with van der Waals surface area (Å²) in [6.45, 7) is 14.9. The molecule has 3 rings (SSSR count). The van der Waals surface area contributed by atoms with Gasteiger partial charge in [-0.15, -0.1) is 11.8 Å². The molecule has 3 N–H and O–H groups in total. The van der Waals surface area contributed by atoms with Gasteiger partial charge in [-0.05, 0) is 49.7 Å². The maximum Gasteiger partial charge on any atom is 0.224 e. The van der Waals surface area contributed by atoms with Crippen LogP contribution in [0.2, 0.25) is 0 Å². The minimum absolute atomic E-state index is 0.0787. The Bertz CT molecular complexity index is 865. The van der Waals surface area contributed by atoms with Crippen LogP contribution in [0.15, 0.2) is 45.4 Å². The number of nitrogens with one attached hydrogen (secondary N) is 3. The van der Waals surface area contributed by atoms with Gasteiger partial charge in [0, 0.05) is 44.7 Å². The molecule has 2 aliphatic heterocycles. The maximum absolute atomic E-state index is 7.76. The molecule has 1 saturated heterocycles. The van der Waals surface area contributed by atoms with Crippen molar-refractivity contribution in [3.05, 3.63) is 35.5 Å². The van der Waals surface area contributed by atoms with Gasteiger partial charge in [-0.1, -0.05) is 51.5 Å². The first-order chi connectivity index (χ1) is 16.8. The number of likely N-dealkylation sites (N-methyl/N-ethyl adjacent to an activating group) is 1. The summed E-state index contributed by atoms with van der Waals surface area (Å²) < 4.78 is 0. The van der Waals surface area contributed by atoms with Gasteiger partial charge in [0.2, 0.25) is 5.96 Å². The van der Waals surface area contributed by atoms with Gasteiger partial charge in [-0.25, -0.2) is 4.99 Å². The lowest BCUT2D eigenvalue weighted by Crippen LogP contribution is -2.56. The van der Waals surface area contributed by atoms with Crippen molar-refractivity contribution in [3.63, 3.8) is 0 Å². The lowest BCUT2D eigenvalue weighted by Gasteiger charge is -2.40. The monoisotopic (exact) mass is 499 g/mol. The molecule has 35 heavy (non-hydrogen) atoms. The predicted octanol–water partition coefficient (Wildman–Crippen LogP) is 4.47. The minimum Gasteiger partial charge on any atom is -0.343 e. The number of hydrogen-bond donors (Lipinski definition) is 3. The Morgan fingerprint density at radius 2 is 1.94 bits per heavy atom. The van der Waals surface area contributed by atoms with Crippen LogP contribution in [-0.4, -0.2) is 77.9 Å². The Morgan fingerprint density at radius 3 is 2.60 bits per heavy atom. The fourth-order valence-electron chi connectivity index (χ4n) is 4.60. The van der Waals surface area contributed by atoms with E-state index in [1.807, 2.05) is 0 Å². The lowest BCUT2D eigenvalue weighted by molar-refractivity contribution is 0.0975. The SMILES string of the molecule is CC(C)CC1=CC(C=CC2=NC(NC(C)SC(C=N)C(C)C)=NC(N3CCNCC3)N2C)=CCC1. The minimum atomic E-state index is -0.0787. The van der Waals surface area contributed by atoms with E-state index in [9.17, 15) is 0 Å². The highest BCUT2D eigenvalue weighted by Crippen LogP contribution is 2.25. The molecule has 2 heterocycles. The highest BCUT2D eigenvalue weighted by Gasteiger charge is 2.29. The number of guanidine groups is 1. The van der Waals surface area contributed by atoms with Gasteiger partial charge >= 0.3 is 0 Å². The Labute approximate surface area is 216 Å². The maximum atomic E-state index is 7.76. The topological polar surface area (TPSA) is 79.1 Å². The molecule has 0 aromatic heterocycles. The zero-order chi connectivity index (χ0) is 25.4. The van der Waals surface area contributed by atoms with E-state index in [-0.39, 0.29) is 16.9 Å². The number of piperazine rings is 1. The van der Waals surface area contributed by atoms with E-state index in [0.29, 0.717) is 17.8 Å². The van der Waals surface area contributed by atoms with Crippen molar-refractivity contribution < 1.29 is 0 Å². The molecule has 0 aromatic rings. The van der Waals surface area contributed by atoms with Crippen molar-refractivity contribution in [2.24, 2.45) is 21.8 Å². The number of rotatable bonds is 10. The molecule has 0 amide bonds. The van der Waals surface area contributed by atoms with Gasteiger partial charge in [0.25, 0.3) is 0 Å². The zero-order valence-corrected chi connectivity index (χ0v) is 23.2. The lowest BCUT2D eigenvalue weighted by atomic mass is 9.92. The number of amidine groups is 1. The van der Waals surface area contributed by atoms with Crippen LogP contribution < -0.4 is 10.6 Å². The van der Waals surface area contributed by atoms with Gasteiger partial charge in [-0.3, -0.25) is 4.90 Å². The van der Waals surface area contributed by atoms with Gasteiger partial charge in [0.15, 0.2) is 6.29 Å². The normalized spacial score (nSPS) is 23.7. The number of thioether (sulfide) groups is 1. The number of allylic oxidation sites excluding steroid dienone is 5. The molecule has 3 aliphatic rings. The number of hydrogen-bond acceptors (Lipinski definition) is 8. The van der Waals surface area contributed by atoms with Gasteiger partial charge < -0.3 is 20.9 Å². The molecular weight excluding hydrogens is 454 g/mol. The molecule has 7 nitrogen and oxygen atoms in total. The summed E-state index contributed by atoms with van der Waals surface area (Å²) in [5.41, 5.74) is 2.81. The fraction of sp³-hybridized carbons (Fsp3) is 0.667. The van der Waals surface area contributed by atoms with Crippen molar-refractivity contribution in [1.82, 2.24) is 20.4 Å². The zero-order valence-electron chi connectivity index (χ0n) is 22.4. The van der Waals surface area contributed by atoms with Gasteiger partial charge in [0.05, 0.1) is 5.37 Å². The van der Waals surface area contributed by atoms with Crippen LogP contribution in [-0.2, 0) is 0 Å². The second-order valence-electron chi connectivity index (χ2n) is 10.4. The molecule has 3 atom stereocenters. The molecule has 0 aromatic carbocycles. The Hall–Kier alpha value is -1.90. The molecule has 0 spiro atoms. The summed E-state index contributed by atoms with van der Waals surface area (Å²) in [6.07, 6.45) is 13.9. The highest BCUT2D eigenvalue weighted by atomic mass is 32.2. The van der Waals surface area contributed by atoms with Gasteiger partial charge in [-0.2, -0.15) is 4.99 Å². The summed E-state index contributed by atoms with van der Waals surface area (Å²) in [6, 6.07) is 0. The van der Waals surface area contributed by atoms with E-state index in [4.69, 9.17) is 15.4 Å². The first-order valence-corrected chi connectivity index (χ1v) is 14.1. The first kappa shape index (κ1) is 27.7. The number of aliphatic imine (C=N–C) groups is 2. The quantitative estimate of drug-likeness (QED) is 0.305. The van der Waals surface area contributed by atoms with E-state index in [0.717, 1.165) is 38.4 Å². The Kier molecular flexibility index (Phi) is 10.6. The highest BCUT2D eigenvalue weighted by molar-refractivity contribution is 8.01. The molecule has 0 bridgehead atoms. The van der Waals surface area contributed by atoms with Crippen LogP contribution in [0.4, 0.5) is 0 Å². The van der Waals surface area contributed by atoms with E-state index in [1.54, 1.807) is 23.5 Å². The first-order valence-electron chi connectivity index (χ1n) is 13.1. The summed E-state index contributed by atoms with van der Waals surface area (Å²) in [7, 11) is 2.09. The average molecular weight is 500 g/mol. The predicted molar refractivity (Wildman–Crippen MR) is 152 cm³/mol. The third kappa shape index (κ3) is 8.33. The summed E-state index contributed by atoms with van der Waals surface area (Å²) in [5, 5.41) is 15.0. The third-order valence-corrected chi connectivity index (χ3v) is 7.99. The third-order valence-electron chi connectivity index (χ3n) is 6.47. The second kappa shape index (κ2) is 13.4. The molecule has 0 saturated carbocycles. The fourth-order valence-corrected chi connectivity index (χ4v) is 5.64. The van der Waals surface area contributed by atoms with Crippen LogP contribution in [0.25, 0.3) is 0 Å². The van der Waals surface area contributed by atoms with Crippen LogP contribution in [0, 0.1) is 17.2 Å². The number of nitrogens with zero attached hydrogens (tertiary/aromatic N) is 4. The average Bonchev–Trinajstić information content (AvgIpc) is 2.82. The molecule has 8 heteroatoms. The van der Waals surface area contributed by atoms with E-state index >= 15 is 0 Å². The van der Waals surface area contributed by atoms with E-state index in [1.165, 1.54) is 18.4 Å². The van der Waals surface area contributed by atoms with Crippen molar-refractivity contribution in [2.75, 3.05) is 33.2 Å². The standard InChI is InChI=1S/C27H45N7S/c1-19(2)16-23-9-7-8-22(17-23)10-11-25-31-26(30-21(5)35-24(18-28)20(3)4)32-27(33(25)6)34-14-12-29-13-15-34/h8,10-11,17-21,24,27-29H,7,9,12-16H2,1-6H3,(H,30,32). The summed E-state index contributed by atoms with van der Waals surface area (Å²) in [5.74, 6) is 2.69. The van der Waals surface area contributed by atoms with Crippen LogP contribution in [0.1, 0.15) is 53.9 Å². The Morgan fingerprint density at radius 1 is 1.20 bits per heavy atom. The molecule has 1 aliphatic carbocycles. The molecule has 1 fully saturated rings. The molecular formula is C27H45N7S. The smallest absolute Gasteiger partial charge is 0.224 e. The summed E-state index contributed by atoms with van der Waals surface area (Å²) in [4.78, 5) is 14.5. The van der Waals surface area contributed by atoms with Gasteiger partial charge in [0.1, 0.15) is 5.84 Å². The van der Waals surface area contributed by atoms with Crippen molar-refractivity contribution in [1.29, 1.82) is 5.41 Å². The van der Waals surface area contributed by atoms with Crippen molar-refractivity contribution in [2.45, 2.75) is 70.8 Å². The largest absolute Gasteiger partial charge is 0.343 e. The van der Waals surface area contributed by atoms with E-state index in [2.05, 4.69) is 86.4 Å². The molecule has 3 unspecified atom stereocenters. The van der Waals surface area contributed by atoms with Crippen LogP contribution in [0.3, 0.4) is 0 Å². The van der Waals surface area contributed by atoms with E-state index < -0.39 is 0 Å². The Balaban J connectivity index is 1.79. The van der Waals surface area contributed by atoms with Crippen LogP contribution in [0.5, 0.6) is 0 Å². The van der Waals surface area contributed by atoms with Crippen molar-refractivity contribution in [3.8, 4) is 0 Å². The second-order valence-corrected chi connectivity index (χ2v) is 12.0. The van der Waals surface area contributed by atoms with Crippen LogP contribution >= 0.6 is 11.8 Å². The summed E-state index contributed by atoms with van der Waals surface area (Å²) >= 11 is 1.75. The van der Waals surface area contributed by atoms with Crippen molar-refractivity contribution >= 4 is 29.8 Å². The molecule has 0 radical (unpaired) electrons.